The molecule has 9 nitrogen and oxygen atoms in total. The van der Waals surface area contributed by atoms with E-state index < -0.39 is 12.3 Å². The van der Waals surface area contributed by atoms with Crippen molar-refractivity contribution >= 4 is 34.7 Å². The Morgan fingerprint density at radius 3 is 2.29 bits per heavy atom. The Bertz CT molecular complexity index is 2160. The van der Waals surface area contributed by atoms with E-state index in [9.17, 15) is 19.8 Å². The summed E-state index contributed by atoms with van der Waals surface area (Å²) in [6.07, 6.45) is 0.917. The second-order valence-electron chi connectivity index (χ2n) is 12.2. The fourth-order valence-electron chi connectivity index (χ4n) is 6.08. The van der Waals surface area contributed by atoms with Gasteiger partial charge in [0.05, 0.1) is 41.6 Å². The molecule has 2 heterocycles. The van der Waals surface area contributed by atoms with Gasteiger partial charge in [0, 0.05) is 29.2 Å². The predicted octanol–water partition coefficient (Wildman–Crippen LogP) is 7.76. The van der Waals surface area contributed by atoms with Crippen LogP contribution in [0.4, 0.5) is 0 Å². The van der Waals surface area contributed by atoms with E-state index in [1.807, 2.05) is 109 Å². The third kappa shape index (κ3) is 8.00. The number of benzene rings is 5. The van der Waals surface area contributed by atoms with Crippen LogP contribution in [0, 0.1) is 0 Å². The zero-order chi connectivity index (χ0) is 35.2. The van der Waals surface area contributed by atoms with E-state index in [-0.39, 0.29) is 36.0 Å². The first-order chi connectivity index (χ1) is 24.9. The standard InChI is InChI=1S/C41H35N3O6S/c45-24-26-13-15-28(16-14-26)37-21-31(25-51-38-12-6-3-9-33(38)40(47)48)49-41(50-37)29-19-17-27(18-20-29)32-8-2-1-7-30(32)22-43-39(46)36-23-42-34-10-4-5-11-35(34)44-36/h1-20,23,31,37,41,45H,21-22,24-25H2,(H,43,46)(H,47,48). The maximum atomic E-state index is 13.0. The number of rotatable bonds is 11. The van der Waals surface area contributed by atoms with Crippen LogP contribution >= 0.6 is 11.8 Å². The molecule has 10 heteroatoms. The number of aliphatic hydroxyl groups excluding tert-OH is 1. The Morgan fingerprint density at radius 1 is 0.804 bits per heavy atom. The van der Waals surface area contributed by atoms with Gasteiger partial charge in [-0.3, -0.25) is 9.78 Å². The Kier molecular flexibility index (Phi) is 10.5. The van der Waals surface area contributed by atoms with E-state index in [0.29, 0.717) is 29.1 Å². The van der Waals surface area contributed by atoms with Crippen LogP contribution in [0.25, 0.3) is 22.2 Å². The number of aromatic nitrogens is 2. The lowest BCUT2D eigenvalue weighted by atomic mass is 9.97. The number of carbonyl (C=O) groups is 2. The molecule has 0 radical (unpaired) electrons. The minimum absolute atomic E-state index is 0.0409. The Labute approximate surface area is 299 Å². The zero-order valence-electron chi connectivity index (χ0n) is 27.5. The number of fused-ring (bicyclic) bond motifs is 1. The summed E-state index contributed by atoms with van der Waals surface area (Å²) >= 11 is 1.46. The second kappa shape index (κ2) is 15.7. The largest absolute Gasteiger partial charge is 0.478 e. The van der Waals surface area contributed by atoms with Crippen molar-refractivity contribution in [2.45, 2.75) is 43.0 Å². The SMILES string of the molecule is O=C(NCc1ccccc1-c1ccc(C2OC(CSc3ccccc3C(=O)O)CC(c3ccc(CO)cc3)O2)cc1)c1cnc2ccccc2n1. The summed E-state index contributed by atoms with van der Waals surface area (Å²) in [7, 11) is 0. The van der Waals surface area contributed by atoms with Gasteiger partial charge in [0.25, 0.3) is 5.91 Å². The van der Waals surface area contributed by atoms with E-state index in [2.05, 4.69) is 15.3 Å². The van der Waals surface area contributed by atoms with Crippen LogP contribution in [0.15, 0.2) is 132 Å². The molecule has 3 N–H and O–H groups in total. The molecule has 256 valence electrons. The average molecular weight is 698 g/mol. The highest BCUT2D eigenvalue weighted by molar-refractivity contribution is 7.99. The van der Waals surface area contributed by atoms with E-state index in [1.165, 1.54) is 18.0 Å². The number of aromatic carboxylic acids is 1. The van der Waals surface area contributed by atoms with Gasteiger partial charge in [-0.25, -0.2) is 9.78 Å². The lowest BCUT2D eigenvalue weighted by Gasteiger charge is -2.36. The van der Waals surface area contributed by atoms with Crippen LogP contribution in [0.5, 0.6) is 0 Å². The van der Waals surface area contributed by atoms with Gasteiger partial charge in [-0.05, 0) is 52.1 Å². The molecule has 1 saturated heterocycles. The Hall–Kier alpha value is -5.39. The molecule has 5 aromatic carbocycles. The van der Waals surface area contributed by atoms with Gasteiger partial charge in [0.1, 0.15) is 5.69 Å². The highest BCUT2D eigenvalue weighted by atomic mass is 32.2. The molecule has 3 unspecified atom stereocenters. The fourth-order valence-corrected chi connectivity index (χ4v) is 7.15. The minimum Gasteiger partial charge on any atom is -0.478 e. The molecule has 51 heavy (non-hydrogen) atoms. The van der Waals surface area contributed by atoms with E-state index in [0.717, 1.165) is 38.9 Å². The first-order valence-electron chi connectivity index (χ1n) is 16.6. The molecule has 1 amide bonds. The van der Waals surface area contributed by atoms with Gasteiger partial charge in [0.2, 0.25) is 0 Å². The highest BCUT2D eigenvalue weighted by Gasteiger charge is 2.32. The van der Waals surface area contributed by atoms with Crippen LogP contribution in [0.3, 0.4) is 0 Å². The van der Waals surface area contributed by atoms with Gasteiger partial charge in [-0.15, -0.1) is 11.8 Å². The number of amides is 1. The number of aliphatic hydroxyl groups is 1. The molecule has 1 aliphatic rings. The number of nitrogens with one attached hydrogen (secondary N) is 1. The topological polar surface area (TPSA) is 131 Å². The van der Waals surface area contributed by atoms with Crippen LogP contribution in [0.1, 0.15) is 61.9 Å². The van der Waals surface area contributed by atoms with Crippen molar-refractivity contribution in [3.05, 3.63) is 161 Å². The Morgan fingerprint density at radius 2 is 1.51 bits per heavy atom. The Balaban J connectivity index is 1.08. The molecule has 0 bridgehead atoms. The van der Waals surface area contributed by atoms with Crippen molar-refractivity contribution in [3.8, 4) is 11.1 Å². The van der Waals surface area contributed by atoms with Gasteiger partial charge in [-0.1, -0.05) is 97.1 Å². The molecule has 0 aliphatic carbocycles. The van der Waals surface area contributed by atoms with Gasteiger partial charge in [-0.2, -0.15) is 0 Å². The number of hydrogen-bond acceptors (Lipinski definition) is 8. The van der Waals surface area contributed by atoms with Crippen LogP contribution in [0.2, 0.25) is 0 Å². The van der Waals surface area contributed by atoms with Crippen molar-refractivity contribution < 1.29 is 29.3 Å². The van der Waals surface area contributed by atoms with Gasteiger partial charge in [0.15, 0.2) is 6.29 Å². The average Bonchev–Trinajstić information content (AvgIpc) is 3.19. The second-order valence-corrected chi connectivity index (χ2v) is 13.2. The third-order valence-corrected chi connectivity index (χ3v) is 9.99. The molecule has 6 aromatic rings. The number of carboxylic acids is 1. The van der Waals surface area contributed by atoms with Crippen molar-refractivity contribution in [1.29, 1.82) is 0 Å². The molecule has 1 fully saturated rings. The van der Waals surface area contributed by atoms with E-state index in [1.54, 1.807) is 12.1 Å². The molecule has 0 spiro atoms. The van der Waals surface area contributed by atoms with Crippen molar-refractivity contribution in [2.24, 2.45) is 0 Å². The minimum atomic E-state index is -0.964. The molecular weight excluding hydrogens is 663 g/mol. The summed E-state index contributed by atoms with van der Waals surface area (Å²) in [5.74, 6) is -0.726. The zero-order valence-corrected chi connectivity index (χ0v) is 28.3. The van der Waals surface area contributed by atoms with Crippen molar-refractivity contribution in [1.82, 2.24) is 15.3 Å². The summed E-state index contributed by atoms with van der Waals surface area (Å²) < 4.78 is 13.0. The first-order valence-corrected chi connectivity index (χ1v) is 17.6. The van der Waals surface area contributed by atoms with Crippen LogP contribution in [-0.2, 0) is 22.6 Å². The summed E-state index contributed by atoms with van der Waals surface area (Å²) in [5, 5.41) is 22.2. The molecule has 1 aromatic heterocycles. The van der Waals surface area contributed by atoms with Crippen molar-refractivity contribution in [2.75, 3.05) is 5.75 Å². The third-order valence-electron chi connectivity index (χ3n) is 8.79. The molecule has 0 saturated carbocycles. The number of thioether (sulfide) groups is 1. The number of hydrogen-bond donors (Lipinski definition) is 3. The lowest BCUT2D eigenvalue weighted by molar-refractivity contribution is -0.245. The monoisotopic (exact) mass is 697 g/mol. The smallest absolute Gasteiger partial charge is 0.336 e. The highest BCUT2D eigenvalue weighted by Crippen LogP contribution is 2.40. The van der Waals surface area contributed by atoms with E-state index >= 15 is 0 Å². The molecule has 1 aliphatic heterocycles. The van der Waals surface area contributed by atoms with Crippen molar-refractivity contribution in [3.63, 3.8) is 0 Å². The molecule has 7 rings (SSSR count). The first kappa shape index (κ1) is 34.1. The normalized spacial score (nSPS) is 17.2. The summed E-state index contributed by atoms with van der Waals surface area (Å²) in [5.41, 5.74) is 7.45. The number of para-hydroxylation sites is 2. The molecule has 3 atom stereocenters. The summed E-state index contributed by atoms with van der Waals surface area (Å²) in [6, 6.07) is 38.1. The maximum Gasteiger partial charge on any atom is 0.336 e. The van der Waals surface area contributed by atoms with Gasteiger partial charge < -0.3 is 25.0 Å². The van der Waals surface area contributed by atoms with E-state index in [4.69, 9.17) is 9.47 Å². The number of nitrogens with zero attached hydrogens (tertiary/aromatic N) is 2. The van der Waals surface area contributed by atoms with Crippen LogP contribution in [-0.4, -0.2) is 43.9 Å². The summed E-state index contributed by atoms with van der Waals surface area (Å²) in [4.78, 5) is 34.3. The lowest BCUT2D eigenvalue weighted by Crippen LogP contribution is -2.31. The predicted molar refractivity (Wildman–Crippen MR) is 195 cm³/mol. The number of carbonyl (C=O) groups excluding carboxylic acids is 1. The maximum absolute atomic E-state index is 13.0. The summed E-state index contributed by atoms with van der Waals surface area (Å²) in [6.45, 7) is 0.266. The number of carboxylic acid groups (broad SMARTS) is 1. The quantitative estimate of drug-likeness (QED) is 0.116. The fraction of sp³-hybridized carbons (Fsp3) is 0.171. The van der Waals surface area contributed by atoms with Crippen LogP contribution < -0.4 is 5.32 Å². The molecular formula is C41H35N3O6S. The van der Waals surface area contributed by atoms with Gasteiger partial charge >= 0.3 is 5.97 Å². The number of ether oxygens (including phenoxy) is 2.